The first kappa shape index (κ1) is 12.9. The highest BCUT2D eigenvalue weighted by Crippen LogP contribution is 2.39. The quantitative estimate of drug-likeness (QED) is 0.748. The molecule has 0 saturated carbocycles. The molecule has 1 atom stereocenters. The molecular weight excluding hydrogens is 232 g/mol. The average Bonchev–Trinajstić information content (AvgIpc) is 2.61. The zero-order valence-corrected chi connectivity index (χ0v) is 11.6. The molecule has 100 valence electrons. The maximum Gasteiger partial charge on any atom is 0.215 e. The van der Waals surface area contributed by atoms with Crippen molar-refractivity contribution in [3.63, 3.8) is 0 Å². The van der Waals surface area contributed by atoms with Gasteiger partial charge in [-0.2, -0.15) is 0 Å². The molecule has 2 heterocycles. The smallest absolute Gasteiger partial charge is 0.215 e. The van der Waals surface area contributed by atoms with Gasteiger partial charge < -0.3 is 14.4 Å². The normalized spacial score (nSPS) is 27.6. The van der Waals surface area contributed by atoms with Crippen molar-refractivity contribution < 1.29 is 14.3 Å². The lowest BCUT2D eigenvalue weighted by Crippen LogP contribution is -2.51. The van der Waals surface area contributed by atoms with Gasteiger partial charge in [0.25, 0.3) is 0 Å². The Morgan fingerprint density at radius 3 is 2.50 bits per heavy atom. The molecule has 0 aromatic carbocycles. The van der Waals surface area contributed by atoms with Crippen LogP contribution in [-0.2, 0) is 14.3 Å². The number of hydrogen-bond acceptors (Lipinski definition) is 5. The summed E-state index contributed by atoms with van der Waals surface area (Å²) in [6.45, 7) is 6.42. The van der Waals surface area contributed by atoms with Gasteiger partial charge in [0.05, 0.1) is 20.8 Å². The summed E-state index contributed by atoms with van der Waals surface area (Å²) in [6.07, 6.45) is 0.415. The van der Waals surface area contributed by atoms with Crippen LogP contribution in [0.15, 0.2) is 16.6 Å². The van der Waals surface area contributed by atoms with E-state index in [9.17, 15) is 4.79 Å². The molecule has 1 fully saturated rings. The third-order valence-corrected chi connectivity index (χ3v) is 3.55. The van der Waals surface area contributed by atoms with Crippen molar-refractivity contribution in [2.45, 2.75) is 32.7 Å². The molecular formula is C13H20N2O3. The van der Waals surface area contributed by atoms with Gasteiger partial charge in [0.2, 0.25) is 11.8 Å². The van der Waals surface area contributed by atoms with E-state index in [0.29, 0.717) is 24.7 Å². The Balaban J connectivity index is 2.56. The van der Waals surface area contributed by atoms with E-state index in [1.807, 2.05) is 25.7 Å². The lowest BCUT2D eigenvalue weighted by molar-refractivity contribution is -0.117. The van der Waals surface area contributed by atoms with Gasteiger partial charge in [0.15, 0.2) is 5.78 Å². The molecule has 1 saturated heterocycles. The number of allylic oxidation sites excluding steroid dienone is 1. The Morgan fingerprint density at radius 2 is 2.00 bits per heavy atom. The van der Waals surface area contributed by atoms with E-state index in [0.717, 1.165) is 5.70 Å². The molecule has 5 heteroatoms. The molecule has 0 spiro atoms. The summed E-state index contributed by atoms with van der Waals surface area (Å²) in [5, 5.41) is 0. The zero-order valence-electron chi connectivity index (χ0n) is 11.6. The van der Waals surface area contributed by atoms with E-state index in [1.165, 1.54) is 0 Å². The molecule has 0 aromatic rings. The van der Waals surface area contributed by atoms with Crippen LogP contribution in [0.3, 0.4) is 0 Å². The number of hydrogen-bond donors (Lipinski definition) is 0. The minimum Gasteiger partial charge on any atom is -0.482 e. The fraction of sp³-hybridized carbons (Fsp3) is 0.692. The Bertz CT molecular complexity index is 440. The molecule has 5 nitrogen and oxygen atoms in total. The number of carbonyl (C=O) groups is 1. The van der Waals surface area contributed by atoms with Crippen LogP contribution in [0.5, 0.6) is 0 Å². The summed E-state index contributed by atoms with van der Waals surface area (Å²) < 4.78 is 10.9. The van der Waals surface area contributed by atoms with Crippen LogP contribution in [0.25, 0.3) is 0 Å². The number of nitrogens with zero attached hydrogens (tertiary/aromatic N) is 2. The molecule has 2 aliphatic heterocycles. The lowest BCUT2D eigenvalue weighted by Gasteiger charge is -2.40. The number of carbonyl (C=O) groups excluding carboxylic acids is 1. The molecule has 0 aliphatic carbocycles. The van der Waals surface area contributed by atoms with Crippen molar-refractivity contribution in [3.8, 4) is 0 Å². The fourth-order valence-corrected chi connectivity index (χ4v) is 2.65. The monoisotopic (exact) mass is 252 g/mol. The van der Waals surface area contributed by atoms with Crippen molar-refractivity contribution >= 4 is 11.7 Å². The first-order valence-corrected chi connectivity index (χ1v) is 6.14. The average molecular weight is 252 g/mol. The maximum absolute atomic E-state index is 11.8. The van der Waals surface area contributed by atoms with Gasteiger partial charge in [-0.3, -0.25) is 4.79 Å². The van der Waals surface area contributed by atoms with Gasteiger partial charge in [-0.25, -0.2) is 4.99 Å². The molecule has 0 radical (unpaired) electrons. The summed E-state index contributed by atoms with van der Waals surface area (Å²) in [5.41, 5.74) is 0.330. The van der Waals surface area contributed by atoms with Crippen molar-refractivity contribution in [1.82, 2.24) is 4.90 Å². The highest BCUT2D eigenvalue weighted by molar-refractivity contribution is 5.98. The van der Waals surface area contributed by atoms with Crippen LogP contribution < -0.4 is 0 Å². The number of Topliss-reactive ketones (excluding diaryl/α,β-unsaturated/α-hetero) is 1. The van der Waals surface area contributed by atoms with Crippen LogP contribution in [0.1, 0.15) is 27.2 Å². The molecule has 2 aliphatic rings. The third-order valence-electron chi connectivity index (χ3n) is 3.55. The Hall–Kier alpha value is -1.52. The van der Waals surface area contributed by atoms with E-state index >= 15 is 0 Å². The highest BCUT2D eigenvalue weighted by Gasteiger charge is 2.51. The predicted molar refractivity (Wildman–Crippen MR) is 68.1 cm³/mol. The van der Waals surface area contributed by atoms with Crippen LogP contribution in [0, 0.1) is 5.92 Å². The van der Waals surface area contributed by atoms with E-state index in [2.05, 4.69) is 4.99 Å². The topological polar surface area (TPSA) is 51.1 Å². The molecule has 0 unspecified atom stereocenters. The lowest BCUT2D eigenvalue weighted by atomic mass is 9.95. The number of methoxy groups -OCH3 is 2. The van der Waals surface area contributed by atoms with Gasteiger partial charge >= 0.3 is 0 Å². The molecule has 18 heavy (non-hydrogen) atoms. The van der Waals surface area contributed by atoms with Crippen LogP contribution in [0.2, 0.25) is 0 Å². The molecule has 0 N–H and O–H groups in total. The summed E-state index contributed by atoms with van der Waals surface area (Å²) in [6, 6.07) is 0. The number of ketones is 1. The van der Waals surface area contributed by atoms with Crippen LogP contribution in [0.4, 0.5) is 0 Å². The van der Waals surface area contributed by atoms with Gasteiger partial charge in [-0.1, -0.05) is 13.8 Å². The fourth-order valence-electron chi connectivity index (χ4n) is 2.65. The van der Waals surface area contributed by atoms with Gasteiger partial charge in [0, 0.05) is 12.3 Å². The number of rotatable bonds is 2. The van der Waals surface area contributed by atoms with Crippen molar-refractivity contribution in [3.05, 3.63) is 11.6 Å². The largest absolute Gasteiger partial charge is 0.482 e. The SMILES string of the molecule is COC1=NC(C(C)C)=C(OC)N2CC(=O)C[C@@]12C. The van der Waals surface area contributed by atoms with E-state index in [4.69, 9.17) is 9.47 Å². The van der Waals surface area contributed by atoms with E-state index in [1.54, 1.807) is 14.2 Å². The number of fused-ring (bicyclic) bond motifs is 1. The van der Waals surface area contributed by atoms with Gasteiger partial charge in [-0.05, 0) is 6.92 Å². The molecule has 2 rings (SSSR count). The highest BCUT2D eigenvalue weighted by atomic mass is 16.5. The van der Waals surface area contributed by atoms with Gasteiger partial charge in [-0.15, -0.1) is 0 Å². The minimum atomic E-state index is -0.504. The summed E-state index contributed by atoms with van der Waals surface area (Å²) in [4.78, 5) is 18.3. The molecule has 0 aromatic heterocycles. The van der Waals surface area contributed by atoms with Crippen molar-refractivity contribution in [2.24, 2.45) is 10.9 Å². The minimum absolute atomic E-state index is 0.182. The molecule has 0 bridgehead atoms. The Labute approximate surface area is 107 Å². The predicted octanol–water partition coefficient (Wildman–Crippen LogP) is 1.55. The summed E-state index contributed by atoms with van der Waals surface area (Å²) in [7, 11) is 3.22. The second-order valence-electron chi connectivity index (χ2n) is 5.25. The van der Waals surface area contributed by atoms with Crippen LogP contribution in [-0.4, -0.2) is 42.9 Å². The summed E-state index contributed by atoms with van der Waals surface area (Å²) in [5.74, 6) is 1.68. The van der Waals surface area contributed by atoms with E-state index < -0.39 is 5.54 Å². The number of ether oxygens (including phenoxy) is 2. The summed E-state index contributed by atoms with van der Waals surface area (Å²) >= 11 is 0. The first-order chi connectivity index (χ1) is 8.43. The Kier molecular flexibility index (Phi) is 3.09. The zero-order chi connectivity index (χ0) is 13.5. The van der Waals surface area contributed by atoms with Gasteiger partial charge in [0.1, 0.15) is 11.2 Å². The number of aliphatic imine (C=N–C) groups is 1. The third kappa shape index (κ3) is 1.69. The first-order valence-electron chi connectivity index (χ1n) is 6.14. The van der Waals surface area contributed by atoms with Crippen molar-refractivity contribution in [1.29, 1.82) is 0 Å². The maximum atomic E-state index is 11.8. The van der Waals surface area contributed by atoms with Crippen molar-refractivity contribution in [2.75, 3.05) is 20.8 Å². The standard InChI is InChI=1S/C13H20N2O3/c1-8(2)10-11(17-4)15-7-9(16)6-13(15,3)12(14-10)18-5/h8H,6-7H2,1-5H3/t13-/m0/s1. The Morgan fingerprint density at radius 1 is 1.33 bits per heavy atom. The second-order valence-corrected chi connectivity index (χ2v) is 5.25. The van der Waals surface area contributed by atoms with E-state index in [-0.39, 0.29) is 11.7 Å². The van der Waals surface area contributed by atoms with Crippen LogP contribution >= 0.6 is 0 Å². The molecule has 0 amide bonds. The second kappa shape index (κ2) is 4.30.